The van der Waals surface area contributed by atoms with Crippen LogP contribution in [0, 0.1) is 0 Å². The molecule has 0 fully saturated rings. The van der Waals surface area contributed by atoms with Gasteiger partial charge in [0.05, 0.1) is 18.3 Å². The highest BCUT2D eigenvalue weighted by molar-refractivity contribution is 6.18. The molecule has 1 aromatic heterocycles. The second kappa shape index (κ2) is 2.65. The zero-order chi connectivity index (χ0) is 9.42. The number of imide groups is 1. The lowest BCUT2D eigenvalue weighted by Gasteiger charge is -2.11. The Labute approximate surface area is 75.2 Å². The summed E-state index contributed by atoms with van der Waals surface area (Å²) in [6.45, 7) is 1.38. The van der Waals surface area contributed by atoms with E-state index in [0.29, 0.717) is 12.1 Å². The zero-order valence-corrected chi connectivity index (χ0v) is 7.15. The summed E-state index contributed by atoms with van der Waals surface area (Å²) in [6.07, 6.45) is 3.47. The second-order valence-corrected chi connectivity index (χ2v) is 2.93. The molecule has 0 saturated heterocycles. The Kier molecular flexibility index (Phi) is 1.62. The van der Waals surface area contributed by atoms with E-state index in [1.807, 2.05) is 0 Å². The molecule has 0 spiro atoms. The van der Waals surface area contributed by atoms with Crippen LogP contribution >= 0.6 is 0 Å². The van der Waals surface area contributed by atoms with Crippen molar-refractivity contribution in [1.29, 1.82) is 0 Å². The van der Waals surface area contributed by atoms with Gasteiger partial charge >= 0.3 is 0 Å². The number of rotatable bonds is 0. The predicted octanol–water partition coefficient (Wildman–Crippen LogP) is 0.517. The molecule has 0 atom stereocenters. The molecule has 0 unspecified atom stereocenters. The fourth-order valence-corrected chi connectivity index (χ4v) is 1.49. The Morgan fingerprint density at radius 1 is 1.62 bits per heavy atom. The van der Waals surface area contributed by atoms with Crippen molar-refractivity contribution in [3.63, 3.8) is 0 Å². The van der Waals surface area contributed by atoms with E-state index in [-0.39, 0.29) is 11.8 Å². The highest BCUT2D eigenvalue weighted by Crippen LogP contribution is 2.27. The molecule has 0 radical (unpaired) electrons. The summed E-state index contributed by atoms with van der Waals surface area (Å²) in [6, 6.07) is 1.76. The van der Waals surface area contributed by atoms with E-state index in [1.54, 1.807) is 18.5 Å². The summed E-state index contributed by atoms with van der Waals surface area (Å²) in [5.74, 6) is -0.424. The van der Waals surface area contributed by atoms with E-state index in [4.69, 9.17) is 0 Å². The molecule has 2 heterocycles. The van der Waals surface area contributed by atoms with Crippen LogP contribution in [0.15, 0.2) is 18.5 Å². The Morgan fingerprint density at radius 2 is 2.38 bits per heavy atom. The van der Waals surface area contributed by atoms with Crippen LogP contribution in [0.3, 0.4) is 0 Å². The van der Waals surface area contributed by atoms with E-state index >= 15 is 0 Å². The molecule has 4 heteroatoms. The van der Waals surface area contributed by atoms with E-state index in [2.05, 4.69) is 4.98 Å². The number of hydrogen-bond acceptors (Lipinski definition) is 3. The topological polar surface area (TPSA) is 50.3 Å². The van der Waals surface area contributed by atoms with Gasteiger partial charge in [0.1, 0.15) is 0 Å². The van der Waals surface area contributed by atoms with Gasteiger partial charge in [0.25, 0.3) is 0 Å². The molecule has 0 bridgehead atoms. The second-order valence-electron chi connectivity index (χ2n) is 2.93. The van der Waals surface area contributed by atoms with Crippen molar-refractivity contribution in [1.82, 2.24) is 4.98 Å². The lowest BCUT2D eigenvalue weighted by atomic mass is 10.2. The highest BCUT2D eigenvalue weighted by atomic mass is 16.2. The lowest BCUT2D eigenvalue weighted by molar-refractivity contribution is -0.124. The summed E-state index contributed by atoms with van der Waals surface area (Å²) in [4.78, 5) is 27.5. The first-order valence-electron chi connectivity index (χ1n) is 3.96. The van der Waals surface area contributed by atoms with Gasteiger partial charge in [-0.2, -0.15) is 0 Å². The third kappa shape index (κ3) is 1.11. The average molecular weight is 176 g/mol. The third-order valence-electron chi connectivity index (χ3n) is 2.03. The first kappa shape index (κ1) is 7.91. The Balaban J connectivity index is 2.52. The van der Waals surface area contributed by atoms with Gasteiger partial charge in [-0.3, -0.25) is 14.6 Å². The van der Waals surface area contributed by atoms with Crippen molar-refractivity contribution in [3.8, 4) is 0 Å². The highest BCUT2D eigenvalue weighted by Gasteiger charge is 2.29. The molecule has 1 aliphatic rings. The van der Waals surface area contributed by atoms with Crippen molar-refractivity contribution in [2.75, 3.05) is 4.90 Å². The van der Waals surface area contributed by atoms with Crippen LogP contribution in [-0.4, -0.2) is 16.8 Å². The molecule has 0 aliphatic carbocycles. The van der Waals surface area contributed by atoms with Gasteiger partial charge in [0, 0.05) is 13.1 Å². The van der Waals surface area contributed by atoms with Crippen molar-refractivity contribution in [2.24, 2.45) is 0 Å². The van der Waals surface area contributed by atoms with E-state index in [9.17, 15) is 9.59 Å². The number of fused-ring (bicyclic) bond motifs is 1. The lowest BCUT2D eigenvalue weighted by Crippen LogP contribution is -2.31. The normalized spacial score (nSPS) is 14.5. The Morgan fingerprint density at radius 3 is 3.08 bits per heavy atom. The van der Waals surface area contributed by atoms with Crippen LogP contribution in [-0.2, 0) is 16.0 Å². The molecule has 2 rings (SSSR count). The maximum Gasteiger partial charge on any atom is 0.238 e. The maximum atomic E-state index is 11.4. The molecule has 13 heavy (non-hydrogen) atoms. The van der Waals surface area contributed by atoms with Gasteiger partial charge in [0.2, 0.25) is 11.8 Å². The van der Waals surface area contributed by atoms with Crippen molar-refractivity contribution in [2.45, 2.75) is 13.3 Å². The predicted molar refractivity (Wildman–Crippen MR) is 46.1 cm³/mol. The number of nitrogens with zero attached hydrogens (tertiary/aromatic N) is 2. The average Bonchev–Trinajstić information content (AvgIpc) is 2.39. The summed E-state index contributed by atoms with van der Waals surface area (Å²) in [5.41, 5.74) is 1.50. The smallest absolute Gasteiger partial charge is 0.238 e. The first-order valence-corrected chi connectivity index (χ1v) is 3.96. The quantitative estimate of drug-likeness (QED) is 0.579. The number of amides is 2. The SMILES string of the molecule is CC(=O)N1C(=O)Cc2ccncc21. The summed E-state index contributed by atoms with van der Waals surface area (Å²) < 4.78 is 0. The molecule has 66 valence electrons. The van der Waals surface area contributed by atoms with Crippen LogP contribution < -0.4 is 4.90 Å². The largest absolute Gasteiger partial charge is 0.274 e. The van der Waals surface area contributed by atoms with Crippen LogP contribution in [0.4, 0.5) is 5.69 Å². The van der Waals surface area contributed by atoms with E-state index < -0.39 is 0 Å². The summed E-state index contributed by atoms with van der Waals surface area (Å²) >= 11 is 0. The molecule has 1 aliphatic heterocycles. The molecule has 1 aromatic rings. The third-order valence-corrected chi connectivity index (χ3v) is 2.03. The van der Waals surface area contributed by atoms with Crippen LogP contribution in [0.2, 0.25) is 0 Å². The number of carbonyl (C=O) groups is 2. The summed E-state index contributed by atoms with van der Waals surface area (Å²) in [7, 11) is 0. The number of pyridine rings is 1. The van der Waals surface area contributed by atoms with Crippen molar-refractivity contribution < 1.29 is 9.59 Å². The number of aromatic nitrogens is 1. The van der Waals surface area contributed by atoms with Crippen LogP contribution in [0.1, 0.15) is 12.5 Å². The molecule has 4 nitrogen and oxygen atoms in total. The minimum Gasteiger partial charge on any atom is -0.274 e. The first-order chi connectivity index (χ1) is 6.20. The minimum absolute atomic E-state index is 0.171. The van der Waals surface area contributed by atoms with Gasteiger partial charge in [-0.25, -0.2) is 4.90 Å². The summed E-state index contributed by atoms with van der Waals surface area (Å²) in [5, 5.41) is 0. The van der Waals surface area contributed by atoms with Gasteiger partial charge in [0.15, 0.2) is 0 Å². The molecule has 0 N–H and O–H groups in total. The van der Waals surface area contributed by atoms with Gasteiger partial charge in [-0.05, 0) is 11.6 Å². The van der Waals surface area contributed by atoms with Crippen molar-refractivity contribution >= 4 is 17.5 Å². The Hall–Kier alpha value is -1.71. The van der Waals surface area contributed by atoms with Crippen molar-refractivity contribution in [3.05, 3.63) is 24.0 Å². The fraction of sp³-hybridized carbons (Fsp3) is 0.222. The molecule has 0 aromatic carbocycles. The van der Waals surface area contributed by atoms with Gasteiger partial charge in [-0.15, -0.1) is 0 Å². The Bertz CT molecular complexity index is 387. The molecule has 0 saturated carbocycles. The van der Waals surface area contributed by atoms with E-state index in [1.165, 1.54) is 11.8 Å². The number of hydrogen-bond donors (Lipinski definition) is 0. The van der Waals surface area contributed by atoms with Gasteiger partial charge in [-0.1, -0.05) is 0 Å². The standard InChI is InChI=1S/C9H8N2O2/c1-6(12)11-8-5-10-3-2-7(8)4-9(11)13/h2-3,5H,4H2,1H3. The maximum absolute atomic E-state index is 11.4. The monoisotopic (exact) mass is 176 g/mol. The molecular formula is C9H8N2O2. The van der Waals surface area contributed by atoms with Crippen LogP contribution in [0.5, 0.6) is 0 Å². The van der Waals surface area contributed by atoms with Gasteiger partial charge < -0.3 is 0 Å². The number of anilines is 1. The van der Waals surface area contributed by atoms with E-state index in [0.717, 1.165) is 5.56 Å². The van der Waals surface area contributed by atoms with Crippen LogP contribution in [0.25, 0.3) is 0 Å². The minimum atomic E-state index is -0.253. The molecular weight excluding hydrogens is 168 g/mol. The number of carbonyl (C=O) groups excluding carboxylic acids is 2. The zero-order valence-electron chi connectivity index (χ0n) is 7.15. The fourth-order valence-electron chi connectivity index (χ4n) is 1.49. The molecule has 2 amide bonds.